The summed E-state index contributed by atoms with van der Waals surface area (Å²) in [7, 11) is 1.66. The number of rotatable bonds is 2. The van der Waals surface area contributed by atoms with Gasteiger partial charge in [0.25, 0.3) is 0 Å². The van der Waals surface area contributed by atoms with Crippen LogP contribution in [0.15, 0.2) is 42.5 Å². The molecule has 4 heteroatoms. The highest BCUT2D eigenvalue weighted by molar-refractivity contribution is 5.67. The molecule has 0 radical (unpaired) electrons. The SMILES string of the molecule is COc1ccccc1-c1nnc2cccc(C)n12. The van der Waals surface area contributed by atoms with Crippen molar-refractivity contribution in [1.29, 1.82) is 0 Å². The summed E-state index contributed by atoms with van der Waals surface area (Å²) in [5, 5.41) is 8.46. The van der Waals surface area contributed by atoms with E-state index in [0.717, 1.165) is 28.5 Å². The Kier molecular flexibility index (Phi) is 2.48. The van der Waals surface area contributed by atoms with Gasteiger partial charge in [-0.25, -0.2) is 0 Å². The van der Waals surface area contributed by atoms with Crippen LogP contribution in [0.5, 0.6) is 5.75 Å². The minimum Gasteiger partial charge on any atom is -0.496 e. The van der Waals surface area contributed by atoms with E-state index in [-0.39, 0.29) is 0 Å². The zero-order valence-corrected chi connectivity index (χ0v) is 10.3. The van der Waals surface area contributed by atoms with Gasteiger partial charge in [-0.1, -0.05) is 18.2 Å². The summed E-state index contributed by atoms with van der Waals surface area (Å²) in [5.41, 5.74) is 2.89. The van der Waals surface area contributed by atoms with E-state index >= 15 is 0 Å². The molecule has 0 unspecified atom stereocenters. The number of hydrogen-bond acceptors (Lipinski definition) is 3. The van der Waals surface area contributed by atoms with Crippen LogP contribution >= 0.6 is 0 Å². The van der Waals surface area contributed by atoms with Gasteiger partial charge < -0.3 is 4.74 Å². The van der Waals surface area contributed by atoms with Crippen molar-refractivity contribution < 1.29 is 4.74 Å². The van der Waals surface area contributed by atoms with E-state index in [1.165, 1.54) is 0 Å². The summed E-state index contributed by atoms with van der Waals surface area (Å²) < 4.78 is 7.40. The lowest BCUT2D eigenvalue weighted by Gasteiger charge is -2.07. The normalized spacial score (nSPS) is 10.8. The second-order valence-electron chi connectivity index (χ2n) is 4.08. The van der Waals surface area contributed by atoms with Crippen LogP contribution in [0.2, 0.25) is 0 Å². The molecule has 0 bridgehead atoms. The zero-order valence-electron chi connectivity index (χ0n) is 10.3. The molecule has 18 heavy (non-hydrogen) atoms. The predicted octanol–water partition coefficient (Wildman–Crippen LogP) is 2.71. The van der Waals surface area contributed by atoms with E-state index in [1.54, 1.807) is 7.11 Å². The van der Waals surface area contributed by atoms with Crippen molar-refractivity contribution in [2.45, 2.75) is 6.92 Å². The average molecular weight is 239 g/mol. The number of nitrogens with zero attached hydrogens (tertiary/aromatic N) is 3. The van der Waals surface area contributed by atoms with Crippen molar-refractivity contribution in [3.63, 3.8) is 0 Å². The van der Waals surface area contributed by atoms with E-state index in [0.29, 0.717) is 0 Å². The number of methoxy groups -OCH3 is 1. The lowest BCUT2D eigenvalue weighted by Crippen LogP contribution is -1.96. The second-order valence-corrected chi connectivity index (χ2v) is 4.08. The van der Waals surface area contributed by atoms with E-state index in [1.807, 2.05) is 53.8 Å². The lowest BCUT2D eigenvalue weighted by molar-refractivity contribution is 0.416. The number of para-hydroxylation sites is 1. The molecule has 0 saturated carbocycles. The fourth-order valence-corrected chi connectivity index (χ4v) is 2.10. The number of aromatic nitrogens is 3. The quantitative estimate of drug-likeness (QED) is 0.690. The van der Waals surface area contributed by atoms with Crippen LogP contribution in [-0.2, 0) is 0 Å². The Hall–Kier alpha value is -2.36. The van der Waals surface area contributed by atoms with Gasteiger partial charge in [-0.15, -0.1) is 10.2 Å². The van der Waals surface area contributed by atoms with Gasteiger partial charge in [0, 0.05) is 5.69 Å². The standard InChI is InChI=1S/C14H13N3O/c1-10-6-5-9-13-15-16-14(17(10)13)11-7-3-4-8-12(11)18-2/h3-9H,1-2H3. The maximum atomic E-state index is 5.38. The number of hydrogen-bond donors (Lipinski definition) is 0. The topological polar surface area (TPSA) is 39.4 Å². The molecule has 90 valence electrons. The highest BCUT2D eigenvalue weighted by Gasteiger charge is 2.13. The first-order chi connectivity index (χ1) is 8.81. The van der Waals surface area contributed by atoms with Crippen LogP contribution in [0.1, 0.15) is 5.69 Å². The third-order valence-corrected chi connectivity index (χ3v) is 2.97. The summed E-state index contributed by atoms with van der Waals surface area (Å²) in [6, 6.07) is 13.8. The maximum absolute atomic E-state index is 5.38. The van der Waals surface area contributed by atoms with Crippen LogP contribution in [0.25, 0.3) is 17.0 Å². The number of ether oxygens (including phenoxy) is 1. The van der Waals surface area contributed by atoms with Crippen molar-refractivity contribution in [3.05, 3.63) is 48.2 Å². The fourth-order valence-electron chi connectivity index (χ4n) is 2.10. The monoisotopic (exact) mass is 239 g/mol. The molecule has 0 amide bonds. The Bertz CT molecular complexity index is 703. The molecule has 2 aromatic heterocycles. The van der Waals surface area contributed by atoms with Gasteiger partial charge in [-0.2, -0.15) is 0 Å². The highest BCUT2D eigenvalue weighted by Crippen LogP contribution is 2.28. The molecule has 0 spiro atoms. The summed E-state index contributed by atoms with van der Waals surface area (Å²) in [6.45, 7) is 2.04. The summed E-state index contributed by atoms with van der Waals surface area (Å²) in [6.07, 6.45) is 0. The molecule has 0 aliphatic heterocycles. The van der Waals surface area contributed by atoms with Gasteiger partial charge in [0.1, 0.15) is 5.75 Å². The molecule has 0 aliphatic carbocycles. The maximum Gasteiger partial charge on any atom is 0.172 e. The summed E-state index contributed by atoms with van der Waals surface area (Å²) in [4.78, 5) is 0. The number of fused-ring (bicyclic) bond motifs is 1. The highest BCUT2D eigenvalue weighted by atomic mass is 16.5. The number of benzene rings is 1. The van der Waals surface area contributed by atoms with Crippen LogP contribution in [0, 0.1) is 6.92 Å². The van der Waals surface area contributed by atoms with E-state index in [4.69, 9.17) is 4.74 Å². The molecule has 2 heterocycles. The Morgan fingerprint density at radius 2 is 1.83 bits per heavy atom. The molecule has 4 nitrogen and oxygen atoms in total. The predicted molar refractivity (Wildman–Crippen MR) is 69.7 cm³/mol. The Morgan fingerprint density at radius 1 is 1.00 bits per heavy atom. The Balaban J connectivity index is 2.32. The molecule has 3 rings (SSSR count). The molecule has 3 aromatic rings. The molecule has 0 N–H and O–H groups in total. The average Bonchev–Trinajstić information content (AvgIpc) is 2.84. The van der Waals surface area contributed by atoms with Gasteiger partial charge >= 0.3 is 0 Å². The molecule has 0 aliphatic rings. The smallest absolute Gasteiger partial charge is 0.172 e. The molecule has 0 saturated heterocycles. The molecule has 1 aromatic carbocycles. The van der Waals surface area contributed by atoms with Gasteiger partial charge in [0.15, 0.2) is 11.5 Å². The Morgan fingerprint density at radius 3 is 2.67 bits per heavy atom. The molecular weight excluding hydrogens is 226 g/mol. The molecular formula is C14H13N3O. The largest absolute Gasteiger partial charge is 0.496 e. The summed E-state index contributed by atoms with van der Waals surface area (Å²) in [5.74, 6) is 1.61. The third-order valence-electron chi connectivity index (χ3n) is 2.97. The molecule has 0 fully saturated rings. The second kappa shape index (κ2) is 4.14. The van der Waals surface area contributed by atoms with Crippen molar-refractivity contribution >= 4 is 5.65 Å². The van der Waals surface area contributed by atoms with Gasteiger partial charge in [0.2, 0.25) is 0 Å². The van der Waals surface area contributed by atoms with Crippen LogP contribution < -0.4 is 4.74 Å². The first kappa shape index (κ1) is 10.8. The van der Waals surface area contributed by atoms with Crippen LogP contribution in [0.4, 0.5) is 0 Å². The van der Waals surface area contributed by atoms with E-state index < -0.39 is 0 Å². The summed E-state index contributed by atoms with van der Waals surface area (Å²) >= 11 is 0. The van der Waals surface area contributed by atoms with Crippen LogP contribution in [-0.4, -0.2) is 21.7 Å². The van der Waals surface area contributed by atoms with Crippen molar-refractivity contribution in [2.75, 3.05) is 7.11 Å². The number of pyridine rings is 1. The van der Waals surface area contributed by atoms with E-state index in [9.17, 15) is 0 Å². The minimum absolute atomic E-state index is 0.801. The van der Waals surface area contributed by atoms with Crippen molar-refractivity contribution in [2.24, 2.45) is 0 Å². The fraction of sp³-hybridized carbons (Fsp3) is 0.143. The first-order valence-corrected chi connectivity index (χ1v) is 5.75. The lowest BCUT2D eigenvalue weighted by atomic mass is 10.2. The minimum atomic E-state index is 0.801. The van der Waals surface area contributed by atoms with Crippen LogP contribution in [0.3, 0.4) is 0 Å². The first-order valence-electron chi connectivity index (χ1n) is 5.75. The van der Waals surface area contributed by atoms with Gasteiger partial charge in [0.05, 0.1) is 12.7 Å². The van der Waals surface area contributed by atoms with Crippen molar-refractivity contribution in [3.8, 4) is 17.1 Å². The van der Waals surface area contributed by atoms with Gasteiger partial charge in [-0.3, -0.25) is 4.40 Å². The zero-order chi connectivity index (χ0) is 12.5. The van der Waals surface area contributed by atoms with Gasteiger partial charge in [-0.05, 0) is 31.2 Å². The van der Waals surface area contributed by atoms with Crippen molar-refractivity contribution in [1.82, 2.24) is 14.6 Å². The third kappa shape index (κ3) is 1.54. The Labute approximate surface area is 105 Å². The molecule has 0 atom stereocenters. The van der Waals surface area contributed by atoms with E-state index in [2.05, 4.69) is 10.2 Å². The number of aryl methyl sites for hydroxylation is 1.